The Kier molecular flexibility index (Phi) is 6.23. The zero-order chi connectivity index (χ0) is 22.7. The van der Waals surface area contributed by atoms with Crippen LogP contribution in [0.4, 0.5) is 10.1 Å². The van der Waals surface area contributed by atoms with Crippen molar-refractivity contribution in [3.63, 3.8) is 0 Å². The first-order valence-electron chi connectivity index (χ1n) is 9.63. The van der Waals surface area contributed by atoms with Gasteiger partial charge in [-0.3, -0.25) is 15.0 Å². The van der Waals surface area contributed by atoms with Gasteiger partial charge in [-0.1, -0.05) is 46.3 Å². The van der Waals surface area contributed by atoms with Crippen molar-refractivity contribution in [1.82, 2.24) is 5.43 Å². The number of carbonyl (C=O) groups is 2. The summed E-state index contributed by atoms with van der Waals surface area (Å²) in [4.78, 5) is 25.3. The number of amides is 2. The smallest absolute Gasteiger partial charge is 0.282 e. The molecule has 0 aliphatic carbocycles. The number of hydrogen-bond donors (Lipinski definition) is 1. The highest BCUT2D eigenvalue weighted by atomic mass is 79.9. The van der Waals surface area contributed by atoms with Crippen molar-refractivity contribution in [2.75, 3.05) is 12.1 Å². The van der Waals surface area contributed by atoms with E-state index in [0.29, 0.717) is 27.2 Å². The minimum Gasteiger partial charge on any atom is -0.493 e. The molecule has 0 bridgehead atoms. The van der Waals surface area contributed by atoms with Crippen molar-refractivity contribution in [3.05, 3.63) is 93.7 Å². The van der Waals surface area contributed by atoms with E-state index in [4.69, 9.17) is 9.47 Å². The van der Waals surface area contributed by atoms with Crippen molar-refractivity contribution >= 4 is 39.5 Å². The maximum Gasteiger partial charge on any atom is 0.282 e. The number of benzene rings is 3. The van der Waals surface area contributed by atoms with Gasteiger partial charge in [0.15, 0.2) is 11.5 Å². The summed E-state index contributed by atoms with van der Waals surface area (Å²) in [5.74, 6) is -0.389. The molecule has 6 nitrogen and oxygen atoms in total. The summed E-state index contributed by atoms with van der Waals surface area (Å²) in [5, 5.41) is 1.21. The van der Waals surface area contributed by atoms with Crippen molar-refractivity contribution in [2.45, 2.75) is 6.61 Å². The van der Waals surface area contributed by atoms with Crippen LogP contribution in [0, 0.1) is 5.82 Å². The fourth-order valence-electron chi connectivity index (χ4n) is 3.15. The maximum absolute atomic E-state index is 13.1. The number of rotatable bonds is 6. The number of hydrazine groups is 1. The topological polar surface area (TPSA) is 67.9 Å². The van der Waals surface area contributed by atoms with Crippen LogP contribution in [0.25, 0.3) is 6.08 Å². The molecule has 0 radical (unpaired) electrons. The quantitative estimate of drug-likeness (QED) is 0.398. The van der Waals surface area contributed by atoms with Gasteiger partial charge in [0.05, 0.1) is 12.8 Å². The molecular formula is C24H18BrFN2O4. The predicted octanol–water partition coefficient (Wildman–Crippen LogP) is 4.64. The SMILES string of the molecule is COc1cc(C=C2C(=O)NN(c3ccccc3)C2=O)c(Br)cc1OCc1ccc(F)cc1. The lowest BCUT2D eigenvalue weighted by molar-refractivity contribution is -0.117. The Bertz CT molecular complexity index is 1200. The molecular weight excluding hydrogens is 479 g/mol. The van der Waals surface area contributed by atoms with Gasteiger partial charge in [-0.2, -0.15) is 0 Å². The van der Waals surface area contributed by atoms with Crippen LogP contribution < -0.4 is 19.9 Å². The lowest BCUT2D eigenvalue weighted by Crippen LogP contribution is -2.35. The minimum absolute atomic E-state index is 0.00316. The van der Waals surface area contributed by atoms with Crippen molar-refractivity contribution in [3.8, 4) is 11.5 Å². The molecule has 1 fully saturated rings. The van der Waals surface area contributed by atoms with Crippen LogP contribution in [-0.2, 0) is 16.2 Å². The van der Waals surface area contributed by atoms with Crippen LogP contribution in [0.5, 0.6) is 11.5 Å². The third kappa shape index (κ3) is 4.50. The highest BCUT2D eigenvalue weighted by Crippen LogP contribution is 2.35. The minimum atomic E-state index is -0.499. The number of hydrogen-bond acceptors (Lipinski definition) is 4. The number of carbonyl (C=O) groups excluding carboxylic acids is 2. The summed E-state index contributed by atoms with van der Waals surface area (Å²) in [7, 11) is 1.50. The van der Waals surface area contributed by atoms with E-state index in [9.17, 15) is 14.0 Å². The first-order valence-corrected chi connectivity index (χ1v) is 10.4. The van der Waals surface area contributed by atoms with Crippen LogP contribution >= 0.6 is 15.9 Å². The maximum atomic E-state index is 13.1. The van der Waals surface area contributed by atoms with Gasteiger partial charge in [-0.05, 0) is 53.6 Å². The molecule has 162 valence electrons. The van der Waals surface area contributed by atoms with Crippen LogP contribution in [0.2, 0.25) is 0 Å². The molecule has 4 rings (SSSR count). The molecule has 1 aliphatic heterocycles. The number of para-hydroxylation sites is 1. The largest absolute Gasteiger partial charge is 0.493 e. The summed E-state index contributed by atoms with van der Waals surface area (Å²) in [6, 6.07) is 18.2. The first kappa shape index (κ1) is 21.6. The van der Waals surface area contributed by atoms with E-state index in [1.54, 1.807) is 48.5 Å². The molecule has 3 aromatic carbocycles. The molecule has 8 heteroatoms. The van der Waals surface area contributed by atoms with Gasteiger partial charge in [-0.15, -0.1) is 0 Å². The first-order chi connectivity index (χ1) is 15.5. The van der Waals surface area contributed by atoms with E-state index in [1.165, 1.54) is 30.3 Å². The average Bonchev–Trinajstić information content (AvgIpc) is 3.09. The normalized spacial score (nSPS) is 14.6. The van der Waals surface area contributed by atoms with Crippen LogP contribution in [0.3, 0.4) is 0 Å². The highest BCUT2D eigenvalue weighted by molar-refractivity contribution is 9.10. The fourth-order valence-corrected chi connectivity index (χ4v) is 3.58. The van der Waals surface area contributed by atoms with E-state index >= 15 is 0 Å². The molecule has 1 saturated heterocycles. The summed E-state index contributed by atoms with van der Waals surface area (Å²) >= 11 is 3.47. The molecule has 0 aromatic heterocycles. The van der Waals surface area contributed by atoms with E-state index in [2.05, 4.69) is 21.4 Å². The van der Waals surface area contributed by atoms with Gasteiger partial charge < -0.3 is 9.47 Å². The highest BCUT2D eigenvalue weighted by Gasteiger charge is 2.34. The molecule has 32 heavy (non-hydrogen) atoms. The molecule has 0 saturated carbocycles. The van der Waals surface area contributed by atoms with Gasteiger partial charge in [0.2, 0.25) is 0 Å². The molecule has 1 heterocycles. The summed E-state index contributed by atoms with van der Waals surface area (Å²) in [5.41, 5.74) is 4.50. The van der Waals surface area contributed by atoms with Crippen molar-refractivity contribution < 1.29 is 23.5 Å². The lowest BCUT2D eigenvalue weighted by atomic mass is 10.1. The number of halogens is 2. The standard InChI is InChI=1S/C24H18BrFN2O4/c1-31-21-12-16(20(25)13-22(21)32-14-15-7-9-17(26)10-8-15)11-19-23(29)27-28(24(19)30)18-5-3-2-4-6-18/h2-13H,14H2,1H3,(H,27,29). The molecule has 0 unspecified atom stereocenters. The van der Waals surface area contributed by atoms with Gasteiger partial charge in [0.25, 0.3) is 11.8 Å². The summed E-state index contributed by atoms with van der Waals surface area (Å²) in [6.07, 6.45) is 1.50. The summed E-state index contributed by atoms with van der Waals surface area (Å²) in [6.45, 7) is 0.219. The predicted molar refractivity (Wildman–Crippen MR) is 121 cm³/mol. The average molecular weight is 497 g/mol. The zero-order valence-electron chi connectivity index (χ0n) is 17.0. The second-order valence-electron chi connectivity index (χ2n) is 6.91. The van der Waals surface area contributed by atoms with Crippen LogP contribution in [0.1, 0.15) is 11.1 Å². The van der Waals surface area contributed by atoms with Crippen molar-refractivity contribution in [2.24, 2.45) is 0 Å². The van der Waals surface area contributed by atoms with E-state index in [-0.39, 0.29) is 18.0 Å². The number of nitrogens with one attached hydrogen (secondary N) is 1. The van der Waals surface area contributed by atoms with Crippen LogP contribution in [-0.4, -0.2) is 18.9 Å². The zero-order valence-corrected chi connectivity index (χ0v) is 18.6. The van der Waals surface area contributed by atoms with E-state index < -0.39 is 11.8 Å². The molecule has 0 atom stereocenters. The molecule has 1 N–H and O–H groups in total. The molecule has 3 aromatic rings. The van der Waals surface area contributed by atoms with Gasteiger partial charge in [0.1, 0.15) is 18.0 Å². The van der Waals surface area contributed by atoms with Gasteiger partial charge in [0, 0.05) is 4.47 Å². The Morgan fingerprint density at radius 3 is 2.44 bits per heavy atom. The van der Waals surface area contributed by atoms with E-state index in [1.807, 2.05) is 6.07 Å². The number of anilines is 1. The van der Waals surface area contributed by atoms with Gasteiger partial charge >= 0.3 is 0 Å². The number of nitrogens with zero attached hydrogens (tertiary/aromatic N) is 1. The van der Waals surface area contributed by atoms with Gasteiger partial charge in [-0.25, -0.2) is 9.40 Å². The summed E-state index contributed by atoms with van der Waals surface area (Å²) < 4.78 is 24.9. The second kappa shape index (κ2) is 9.23. The number of ether oxygens (including phenoxy) is 2. The Morgan fingerprint density at radius 1 is 1.03 bits per heavy atom. The molecule has 1 aliphatic rings. The molecule has 2 amide bonds. The Hall–Kier alpha value is -3.65. The third-order valence-electron chi connectivity index (χ3n) is 4.80. The lowest BCUT2D eigenvalue weighted by Gasteiger charge is -2.14. The Balaban J connectivity index is 1.58. The number of methoxy groups -OCH3 is 1. The Labute approximate surface area is 192 Å². The Morgan fingerprint density at radius 2 is 1.75 bits per heavy atom. The molecule has 0 spiro atoms. The van der Waals surface area contributed by atoms with E-state index in [0.717, 1.165) is 5.56 Å². The van der Waals surface area contributed by atoms with Crippen molar-refractivity contribution in [1.29, 1.82) is 0 Å². The monoisotopic (exact) mass is 496 g/mol. The second-order valence-corrected chi connectivity index (χ2v) is 7.77. The fraction of sp³-hybridized carbons (Fsp3) is 0.0833. The third-order valence-corrected chi connectivity index (χ3v) is 5.48. The van der Waals surface area contributed by atoms with Crippen LogP contribution in [0.15, 0.2) is 76.8 Å².